The lowest BCUT2D eigenvalue weighted by molar-refractivity contribution is 1.08. The number of hydrogen-bond donors (Lipinski definition) is 0. The summed E-state index contributed by atoms with van der Waals surface area (Å²) in [5.74, 6) is 1.95. The van der Waals surface area contributed by atoms with Crippen LogP contribution in [-0.4, -0.2) is 19.5 Å². The molecule has 0 aliphatic heterocycles. The molecule has 0 fully saturated rings. The van der Waals surface area contributed by atoms with Crippen LogP contribution in [0, 0.1) is 0 Å². The molecule has 2 aromatic heterocycles. The maximum Gasteiger partial charge on any atom is 0.164 e. The minimum Gasteiger partial charge on any atom is -0.309 e. The van der Waals surface area contributed by atoms with E-state index in [2.05, 4.69) is 187 Å². The molecule has 4 nitrogen and oxygen atoms in total. The van der Waals surface area contributed by atoms with Crippen LogP contribution in [0.15, 0.2) is 218 Å². The van der Waals surface area contributed by atoms with E-state index >= 15 is 0 Å². The molecule has 65 heavy (non-hydrogen) atoms. The maximum atomic E-state index is 5.12. The Labute approximate surface area is 373 Å². The fourth-order valence-electron chi connectivity index (χ4n) is 10.6. The van der Waals surface area contributed by atoms with Gasteiger partial charge in [0.15, 0.2) is 17.5 Å². The third kappa shape index (κ3) is 5.41. The van der Waals surface area contributed by atoms with E-state index in [1.165, 1.54) is 75.7 Å². The van der Waals surface area contributed by atoms with E-state index in [9.17, 15) is 0 Å². The lowest BCUT2D eigenvalue weighted by atomic mass is 9.88. The SMILES string of the molecule is c1ccc(-c2nc(-c3ccccc3)nc(-c3ccc(-c4ccc5c(c4)c4cccc6c4c4c5c5ccccc5cc4n6-c4ccc5c(ccc6ccccc65)c4)c4ccccc34)n2)cc1. The van der Waals surface area contributed by atoms with Crippen molar-refractivity contribution < 1.29 is 0 Å². The molecule has 14 rings (SSSR count). The summed E-state index contributed by atoms with van der Waals surface area (Å²) in [5, 5.41) is 17.4. The van der Waals surface area contributed by atoms with Crippen molar-refractivity contribution in [3.8, 4) is 51.0 Å². The number of nitrogens with zero attached hydrogens (tertiary/aromatic N) is 4. The van der Waals surface area contributed by atoms with Crippen LogP contribution in [0.1, 0.15) is 0 Å². The Balaban J connectivity index is 0.992. The fourth-order valence-corrected chi connectivity index (χ4v) is 10.6. The molecule has 0 saturated heterocycles. The third-order valence-corrected chi connectivity index (χ3v) is 13.5. The van der Waals surface area contributed by atoms with E-state index in [-0.39, 0.29) is 0 Å². The summed E-state index contributed by atoms with van der Waals surface area (Å²) in [5.41, 5.74) is 8.79. The highest BCUT2D eigenvalue weighted by atomic mass is 15.0. The Morgan fingerprint density at radius 3 is 1.58 bits per heavy atom. The summed E-state index contributed by atoms with van der Waals surface area (Å²) in [4.78, 5) is 15.2. The molecule has 0 spiro atoms. The van der Waals surface area contributed by atoms with E-state index in [4.69, 9.17) is 15.0 Å². The van der Waals surface area contributed by atoms with Crippen LogP contribution < -0.4 is 0 Å². The summed E-state index contributed by atoms with van der Waals surface area (Å²) < 4.78 is 2.49. The molecule has 0 N–H and O–H groups in total. The highest BCUT2D eigenvalue weighted by Gasteiger charge is 2.23. The minimum atomic E-state index is 0.648. The van der Waals surface area contributed by atoms with E-state index in [0.29, 0.717) is 17.5 Å². The highest BCUT2D eigenvalue weighted by Crippen LogP contribution is 2.48. The van der Waals surface area contributed by atoms with Crippen LogP contribution in [-0.2, 0) is 0 Å². The summed E-state index contributed by atoms with van der Waals surface area (Å²) in [7, 11) is 0. The van der Waals surface area contributed by atoms with Crippen molar-refractivity contribution in [1.29, 1.82) is 0 Å². The molecule has 0 aliphatic carbocycles. The van der Waals surface area contributed by atoms with Crippen LogP contribution in [0.4, 0.5) is 0 Å². The van der Waals surface area contributed by atoms with Gasteiger partial charge < -0.3 is 4.57 Å². The molecule has 0 radical (unpaired) electrons. The Bertz CT molecular complexity index is 4170. The van der Waals surface area contributed by atoms with Crippen molar-refractivity contribution in [2.45, 2.75) is 0 Å². The lowest BCUT2D eigenvalue weighted by Crippen LogP contribution is -2.00. The van der Waals surface area contributed by atoms with Gasteiger partial charge in [-0.25, -0.2) is 15.0 Å². The van der Waals surface area contributed by atoms with Crippen LogP contribution in [0.25, 0.3) is 137 Å². The molecule has 2 heterocycles. The molecule has 300 valence electrons. The molecular formula is C61H36N4. The second-order valence-corrected chi connectivity index (χ2v) is 17.1. The number of hydrogen-bond acceptors (Lipinski definition) is 3. The van der Waals surface area contributed by atoms with Gasteiger partial charge in [0.2, 0.25) is 0 Å². The predicted octanol–water partition coefficient (Wildman–Crippen LogP) is 16.0. The number of aromatic nitrogens is 4. The largest absolute Gasteiger partial charge is 0.309 e. The fraction of sp³-hybridized carbons (Fsp3) is 0. The first-order valence-corrected chi connectivity index (χ1v) is 22.2. The molecule has 0 aliphatic rings. The van der Waals surface area contributed by atoms with Gasteiger partial charge >= 0.3 is 0 Å². The van der Waals surface area contributed by atoms with Gasteiger partial charge in [0.1, 0.15) is 0 Å². The first-order chi connectivity index (χ1) is 32.2. The Hall–Kier alpha value is -8.73. The van der Waals surface area contributed by atoms with Gasteiger partial charge in [-0.3, -0.25) is 0 Å². The van der Waals surface area contributed by atoms with Crippen molar-refractivity contribution in [2.24, 2.45) is 0 Å². The summed E-state index contributed by atoms with van der Waals surface area (Å²) in [6, 6.07) is 78.8. The van der Waals surface area contributed by atoms with Crippen molar-refractivity contribution in [3.05, 3.63) is 218 Å². The van der Waals surface area contributed by atoms with Gasteiger partial charge in [-0.2, -0.15) is 0 Å². The number of benzene rings is 12. The van der Waals surface area contributed by atoms with Crippen molar-refractivity contribution in [1.82, 2.24) is 19.5 Å². The van der Waals surface area contributed by atoms with Crippen molar-refractivity contribution >= 4 is 86.4 Å². The summed E-state index contributed by atoms with van der Waals surface area (Å²) >= 11 is 0. The zero-order valence-electron chi connectivity index (χ0n) is 35.1. The Kier molecular flexibility index (Phi) is 7.65. The average Bonchev–Trinajstić information content (AvgIpc) is 3.71. The van der Waals surface area contributed by atoms with Gasteiger partial charge in [0.05, 0.1) is 11.0 Å². The minimum absolute atomic E-state index is 0.648. The molecule has 4 heteroatoms. The molecule has 14 aromatic rings. The van der Waals surface area contributed by atoms with Gasteiger partial charge in [-0.1, -0.05) is 182 Å². The number of fused-ring (bicyclic) bond motifs is 9. The smallest absolute Gasteiger partial charge is 0.164 e. The average molecular weight is 825 g/mol. The van der Waals surface area contributed by atoms with E-state index in [1.807, 2.05) is 36.4 Å². The quantitative estimate of drug-likeness (QED) is 0.162. The first-order valence-electron chi connectivity index (χ1n) is 22.2. The molecule has 12 aromatic carbocycles. The van der Waals surface area contributed by atoms with Crippen molar-refractivity contribution in [2.75, 3.05) is 0 Å². The van der Waals surface area contributed by atoms with E-state index in [1.54, 1.807) is 0 Å². The molecule has 0 saturated carbocycles. The second kappa shape index (κ2) is 13.9. The molecule has 0 atom stereocenters. The normalized spacial score (nSPS) is 12.0. The van der Waals surface area contributed by atoms with Crippen molar-refractivity contribution in [3.63, 3.8) is 0 Å². The molecule has 0 bridgehead atoms. The predicted molar refractivity (Wildman–Crippen MR) is 272 cm³/mol. The first kappa shape index (κ1) is 35.8. The van der Waals surface area contributed by atoms with Crippen LogP contribution in [0.2, 0.25) is 0 Å². The van der Waals surface area contributed by atoms with Gasteiger partial charge in [0.25, 0.3) is 0 Å². The topological polar surface area (TPSA) is 43.6 Å². The van der Waals surface area contributed by atoms with E-state index < -0.39 is 0 Å². The second-order valence-electron chi connectivity index (χ2n) is 17.1. The Morgan fingerprint density at radius 2 is 0.815 bits per heavy atom. The van der Waals surface area contributed by atoms with Gasteiger partial charge in [-0.15, -0.1) is 0 Å². The van der Waals surface area contributed by atoms with E-state index in [0.717, 1.165) is 44.3 Å². The van der Waals surface area contributed by atoms with Crippen LogP contribution >= 0.6 is 0 Å². The summed E-state index contributed by atoms with van der Waals surface area (Å²) in [6.45, 7) is 0. The third-order valence-electron chi connectivity index (χ3n) is 13.5. The van der Waals surface area contributed by atoms with Crippen LogP contribution in [0.3, 0.4) is 0 Å². The zero-order chi connectivity index (χ0) is 42.6. The van der Waals surface area contributed by atoms with Gasteiger partial charge in [0, 0.05) is 38.5 Å². The van der Waals surface area contributed by atoms with Gasteiger partial charge in [-0.05, 0) is 107 Å². The summed E-state index contributed by atoms with van der Waals surface area (Å²) in [6.07, 6.45) is 0. The standard InChI is InChI=1S/C61H36N4/c1-3-15-38(16-4-1)59-62-60(39-17-5-2-6-18-39)64-61(63-59)52-33-32-46(48-22-11-12-23-49(48)52)42-28-30-51-53(35-42)50-24-13-25-54-57(50)58-55(36-40-19-8-10-21-47(40)56(51)58)65(54)43-29-31-45-41(34-43)27-26-37-14-7-9-20-44(37)45/h1-36H. The molecule has 0 unspecified atom stereocenters. The molecular weight excluding hydrogens is 789 g/mol. The van der Waals surface area contributed by atoms with Crippen LogP contribution in [0.5, 0.6) is 0 Å². The highest BCUT2D eigenvalue weighted by molar-refractivity contribution is 6.39. The lowest BCUT2D eigenvalue weighted by Gasteiger charge is -2.15. The Morgan fingerprint density at radius 1 is 0.262 bits per heavy atom. The number of rotatable bonds is 5. The monoisotopic (exact) mass is 824 g/mol. The molecule has 0 amide bonds. The maximum absolute atomic E-state index is 5.12. The zero-order valence-corrected chi connectivity index (χ0v) is 35.1.